The molecule has 0 amide bonds. The van der Waals surface area contributed by atoms with Crippen molar-refractivity contribution in [2.45, 2.75) is 18.3 Å². The summed E-state index contributed by atoms with van der Waals surface area (Å²) in [6, 6.07) is 2.18. The van der Waals surface area contributed by atoms with Crippen molar-refractivity contribution in [3.63, 3.8) is 0 Å². The molecule has 0 radical (unpaired) electrons. The SMILES string of the molecule is Nc1ccc(C(F)C(F)(F)C(F)(F)F)c(O)c1. The lowest BCUT2D eigenvalue weighted by molar-refractivity contribution is -0.305. The average Bonchev–Trinajstić information content (AvgIpc) is 2.14. The van der Waals surface area contributed by atoms with Crippen LogP contribution in [0.1, 0.15) is 11.7 Å². The molecule has 2 nitrogen and oxygen atoms in total. The Balaban J connectivity index is 3.17. The molecule has 1 aromatic rings. The van der Waals surface area contributed by atoms with Gasteiger partial charge in [0.1, 0.15) is 5.75 Å². The van der Waals surface area contributed by atoms with Crippen molar-refractivity contribution in [3.05, 3.63) is 23.8 Å². The molecule has 0 heterocycles. The van der Waals surface area contributed by atoms with E-state index in [-0.39, 0.29) is 5.69 Å². The lowest BCUT2D eigenvalue weighted by Gasteiger charge is -2.23. The van der Waals surface area contributed by atoms with Crippen molar-refractivity contribution in [2.24, 2.45) is 0 Å². The van der Waals surface area contributed by atoms with E-state index in [1.807, 2.05) is 0 Å². The van der Waals surface area contributed by atoms with E-state index < -0.39 is 29.6 Å². The van der Waals surface area contributed by atoms with Crippen LogP contribution >= 0.6 is 0 Å². The molecule has 1 unspecified atom stereocenters. The monoisotopic (exact) mass is 259 g/mol. The Kier molecular flexibility index (Phi) is 3.17. The maximum absolute atomic E-state index is 13.1. The number of hydrogen-bond donors (Lipinski definition) is 2. The molecule has 0 saturated carbocycles. The van der Waals surface area contributed by atoms with Crippen molar-refractivity contribution in [1.29, 1.82) is 0 Å². The number of aromatic hydroxyl groups is 1. The normalized spacial score (nSPS) is 14.7. The van der Waals surface area contributed by atoms with Gasteiger partial charge in [-0.3, -0.25) is 0 Å². The Morgan fingerprint density at radius 3 is 2.06 bits per heavy atom. The molecule has 1 rings (SSSR count). The molecule has 0 aliphatic carbocycles. The van der Waals surface area contributed by atoms with Gasteiger partial charge in [0.15, 0.2) is 0 Å². The molecule has 0 bridgehead atoms. The van der Waals surface area contributed by atoms with Crippen LogP contribution in [0, 0.1) is 0 Å². The van der Waals surface area contributed by atoms with E-state index >= 15 is 0 Å². The summed E-state index contributed by atoms with van der Waals surface area (Å²) in [4.78, 5) is 0. The van der Waals surface area contributed by atoms with Crippen LogP contribution in [0.15, 0.2) is 18.2 Å². The number of phenols is 1. The van der Waals surface area contributed by atoms with Gasteiger partial charge in [-0.05, 0) is 6.07 Å². The largest absolute Gasteiger partial charge is 0.507 e. The van der Waals surface area contributed by atoms with Crippen LogP contribution in [0.2, 0.25) is 0 Å². The first-order valence-corrected chi connectivity index (χ1v) is 4.24. The number of alkyl halides is 6. The van der Waals surface area contributed by atoms with Crippen LogP contribution in [-0.4, -0.2) is 17.2 Å². The summed E-state index contributed by atoms with van der Waals surface area (Å²) in [5.74, 6) is -6.64. The smallest absolute Gasteiger partial charge is 0.456 e. The third kappa shape index (κ3) is 2.40. The molecule has 1 aromatic carbocycles. The van der Waals surface area contributed by atoms with Gasteiger partial charge in [0, 0.05) is 17.3 Å². The molecule has 0 aromatic heterocycles. The number of phenolic OH excluding ortho intramolecular Hbond substituents is 1. The zero-order chi connectivity index (χ0) is 13.4. The standard InChI is InChI=1S/C9H7F6NO/c10-7(8(11,12)9(13,14)15)5-2-1-4(16)3-6(5)17/h1-3,7,17H,16H2. The van der Waals surface area contributed by atoms with Gasteiger partial charge in [-0.15, -0.1) is 0 Å². The number of anilines is 1. The number of halogens is 6. The summed E-state index contributed by atoms with van der Waals surface area (Å²) in [5.41, 5.74) is 3.88. The van der Waals surface area contributed by atoms with E-state index in [9.17, 15) is 26.3 Å². The maximum atomic E-state index is 13.1. The number of benzene rings is 1. The maximum Gasteiger partial charge on any atom is 0.456 e. The third-order valence-corrected chi connectivity index (χ3v) is 2.02. The van der Waals surface area contributed by atoms with E-state index in [2.05, 4.69) is 0 Å². The minimum atomic E-state index is -6.04. The minimum Gasteiger partial charge on any atom is -0.507 e. The van der Waals surface area contributed by atoms with Crippen LogP contribution in [0.3, 0.4) is 0 Å². The van der Waals surface area contributed by atoms with E-state index in [1.165, 1.54) is 0 Å². The molecular formula is C9H7F6NO. The summed E-state index contributed by atoms with van der Waals surface area (Å²) in [5, 5.41) is 9.07. The quantitative estimate of drug-likeness (QED) is 0.633. The number of nitrogens with two attached hydrogens (primary N) is 1. The molecule has 0 aliphatic heterocycles. The highest BCUT2D eigenvalue weighted by atomic mass is 19.4. The van der Waals surface area contributed by atoms with Gasteiger partial charge in [0.2, 0.25) is 6.17 Å². The van der Waals surface area contributed by atoms with Crippen molar-refractivity contribution in [1.82, 2.24) is 0 Å². The second-order valence-corrected chi connectivity index (χ2v) is 3.30. The second-order valence-electron chi connectivity index (χ2n) is 3.30. The Labute approximate surface area is 91.7 Å². The van der Waals surface area contributed by atoms with Gasteiger partial charge >= 0.3 is 12.1 Å². The lowest BCUT2D eigenvalue weighted by Crippen LogP contribution is -2.40. The molecule has 0 spiro atoms. The molecule has 96 valence electrons. The number of nitrogen functional groups attached to an aromatic ring is 1. The Morgan fingerprint density at radius 2 is 1.65 bits per heavy atom. The fraction of sp³-hybridized carbons (Fsp3) is 0.333. The van der Waals surface area contributed by atoms with Gasteiger partial charge in [-0.1, -0.05) is 6.07 Å². The van der Waals surface area contributed by atoms with Crippen LogP contribution in [-0.2, 0) is 0 Å². The second kappa shape index (κ2) is 4.01. The lowest BCUT2D eigenvalue weighted by atomic mass is 10.0. The molecule has 17 heavy (non-hydrogen) atoms. The van der Waals surface area contributed by atoms with Crippen LogP contribution < -0.4 is 5.73 Å². The van der Waals surface area contributed by atoms with Crippen LogP contribution in [0.25, 0.3) is 0 Å². The first-order valence-electron chi connectivity index (χ1n) is 4.24. The molecule has 0 aliphatic rings. The molecule has 8 heteroatoms. The van der Waals surface area contributed by atoms with Crippen molar-refractivity contribution in [2.75, 3.05) is 5.73 Å². The fourth-order valence-electron chi connectivity index (χ4n) is 1.11. The zero-order valence-corrected chi connectivity index (χ0v) is 8.10. The van der Waals surface area contributed by atoms with Crippen LogP contribution in [0.5, 0.6) is 5.75 Å². The fourth-order valence-corrected chi connectivity index (χ4v) is 1.11. The molecule has 0 fully saturated rings. The summed E-state index contributed by atoms with van der Waals surface area (Å²) >= 11 is 0. The topological polar surface area (TPSA) is 46.2 Å². The zero-order valence-electron chi connectivity index (χ0n) is 8.10. The van der Waals surface area contributed by atoms with Gasteiger partial charge in [0.05, 0.1) is 0 Å². The average molecular weight is 259 g/mol. The molecule has 1 atom stereocenters. The van der Waals surface area contributed by atoms with Gasteiger partial charge < -0.3 is 10.8 Å². The van der Waals surface area contributed by atoms with E-state index in [4.69, 9.17) is 10.8 Å². The Bertz CT molecular complexity index is 416. The number of rotatable bonds is 2. The highest BCUT2D eigenvalue weighted by Gasteiger charge is 2.64. The highest BCUT2D eigenvalue weighted by molar-refractivity contribution is 5.49. The van der Waals surface area contributed by atoms with E-state index in [0.717, 1.165) is 6.07 Å². The molecular weight excluding hydrogens is 252 g/mol. The van der Waals surface area contributed by atoms with Crippen LogP contribution in [0.4, 0.5) is 32.0 Å². The summed E-state index contributed by atoms with van der Waals surface area (Å²) in [7, 11) is 0. The van der Waals surface area contributed by atoms with Gasteiger partial charge in [0.25, 0.3) is 0 Å². The molecule has 0 saturated heterocycles. The predicted octanol–water partition coefficient (Wildman–Crippen LogP) is 3.18. The third-order valence-electron chi connectivity index (χ3n) is 2.02. The Hall–Kier alpha value is -1.60. The number of hydrogen-bond acceptors (Lipinski definition) is 2. The summed E-state index contributed by atoms with van der Waals surface area (Å²) < 4.78 is 74.1. The molecule has 3 N–H and O–H groups in total. The highest BCUT2D eigenvalue weighted by Crippen LogP contribution is 2.48. The van der Waals surface area contributed by atoms with Crippen molar-refractivity contribution in [3.8, 4) is 5.75 Å². The minimum absolute atomic E-state index is 0.0891. The van der Waals surface area contributed by atoms with E-state index in [1.54, 1.807) is 0 Å². The Morgan fingerprint density at radius 1 is 1.12 bits per heavy atom. The van der Waals surface area contributed by atoms with Gasteiger partial charge in [-0.2, -0.15) is 22.0 Å². The van der Waals surface area contributed by atoms with E-state index in [0.29, 0.717) is 12.1 Å². The predicted molar refractivity (Wildman–Crippen MR) is 47.4 cm³/mol. The summed E-state index contributed by atoms with van der Waals surface area (Å²) in [6.45, 7) is 0. The summed E-state index contributed by atoms with van der Waals surface area (Å²) in [6.07, 6.45) is -9.73. The van der Waals surface area contributed by atoms with Crippen molar-refractivity contribution < 1.29 is 31.4 Å². The van der Waals surface area contributed by atoms with Gasteiger partial charge in [-0.25, -0.2) is 4.39 Å². The van der Waals surface area contributed by atoms with Crippen molar-refractivity contribution >= 4 is 5.69 Å². The first kappa shape index (κ1) is 13.5. The first-order chi connectivity index (χ1) is 7.57.